The molecule has 15 heteroatoms. The van der Waals surface area contributed by atoms with E-state index in [9.17, 15) is 46.0 Å². The summed E-state index contributed by atoms with van der Waals surface area (Å²) in [4.78, 5) is 0. The van der Waals surface area contributed by atoms with Crippen molar-refractivity contribution in [2.45, 2.75) is 197 Å². The van der Waals surface area contributed by atoms with E-state index < -0.39 is 103 Å². The third-order valence-electron chi connectivity index (χ3n) is 13.6. The fraction of sp³-hybridized carbons (Fsp3) is 0.947. The van der Waals surface area contributed by atoms with Crippen LogP contribution in [0.4, 0.5) is 0 Å². The number of aliphatic hydroxyl groups is 9. The average molecular weight is 763 g/mol. The van der Waals surface area contributed by atoms with E-state index >= 15 is 0 Å². The summed E-state index contributed by atoms with van der Waals surface area (Å²) in [5.74, 6) is -0.0516. The fourth-order valence-corrected chi connectivity index (χ4v) is 10.1. The summed E-state index contributed by atoms with van der Waals surface area (Å²) < 4.78 is 36.0. The van der Waals surface area contributed by atoms with Crippen LogP contribution in [0.25, 0.3) is 0 Å². The second kappa shape index (κ2) is 16.2. The van der Waals surface area contributed by atoms with Crippen LogP contribution >= 0.6 is 0 Å². The highest BCUT2D eigenvalue weighted by molar-refractivity contribution is 5.10. The minimum Gasteiger partial charge on any atom is -0.390 e. The molecule has 5 aliphatic rings. The van der Waals surface area contributed by atoms with E-state index in [0.717, 1.165) is 25.7 Å². The van der Waals surface area contributed by atoms with E-state index in [0.29, 0.717) is 19.3 Å². The summed E-state index contributed by atoms with van der Waals surface area (Å²) in [5, 5.41) is 96.1. The van der Waals surface area contributed by atoms with E-state index in [4.69, 9.17) is 28.4 Å². The highest BCUT2D eigenvalue weighted by atomic mass is 16.8. The van der Waals surface area contributed by atoms with Gasteiger partial charge in [-0.1, -0.05) is 26.3 Å². The summed E-state index contributed by atoms with van der Waals surface area (Å²) >= 11 is 0. The van der Waals surface area contributed by atoms with Gasteiger partial charge in [0, 0.05) is 0 Å². The molecular formula is C38H66O15. The Labute approximate surface area is 312 Å². The molecule has 0 spiro atoms. The highest BCUT2D eigenvalue weighted by Gasteiger charge is 2.60. The first-order chi connectivity index (χ1) is 24.6. The van der Waals surface area contributed by atoms with Gasteiger partial charge in [0.1, 0.15) is 54.9 Å². The van der Waals surface area contributed by atoms with E-state index in [-0.39, 0.29) is 29.3 Å². The molecule has 2 aliphatic carbocycles. The van der Waals surface area contributed by atoms with Gasteiger partial charge in [-0.15, -0.1) is 6.58 Å². The molecule has 0 amide bonds. The van der Waals surface area contributed by atoms with Gasteiger partial charge < -0.3 is 74.4 Å². The quantitative estimate of drug-likeness (QED) is 0.128. The van der Waals surface area contributed by atoms with Gasteiger partial charge in [-0.05, 0) is 95.8 Å². The van der Waals surface area contributed by atoms with Crippen molar-refractivity contribution in [3.8, 4) is 0 Å². The first-order valence-electron chi connectivity index (χ1n) is 19.3. The summed E-state index contributed by atoms with van der Waals surface area (Å²) in [6, 6.07) is 0. The van der Waals surface area contributed by atoms with Crippen molar-refractivity contribution in [1.82, 2.24) is 0 Å². The molecule has 9 N–H and O–H groups in total. The molecule has 0 aromatic heterocycles. The Morgan fingerprint density at radius 1 is 0.717 bits per heavy atom. The van der Waals surface area contributed by atoms with Gasteiger partial charge in [-0.25, -0.2) is 0 Å². The van der Waals surface area contributed by atoms with Gasteiger partial charge in [0.15, 0.2) is 18.9 Å². The minimum absolute atomic E-state index is 0.133. The average Bonchev–Trinajstić information content (AvgIpc) is 3.09. The third-order valence-corrected chi connectivity index (χ3v) is 13.6. The number of rotatable bonds is 11. The first kappa shape index (κ1) is 43.3. The zero-order chi connectivity index (χ0) is 39.4. The Bertz CT molecular complexity index is 1240. The maximum Gasteiger partial charge on any atom is 0.187 e. The van der Waals surface area contributed by atoms with Crippen molar-refractivity contribution in [2.75, 3.05) is 6.61 Å². The zero-order valence-electron chi connectivity index (χ0n) is 32.2. The molecule has 5 rings (SSSR count). The van der Waals surface area contributed by atoms with Gasteiger partial charge in [-0.2, -0.15) is 0 Å². The molecule has 308 valence electrons. The molecule has 5 fully saturated rings. The Balaban J connectivity index is 1.31. The summed E-state index contributed by atoms with van der Waals surface area (Å²) in [6.45, 7) is 17.1. The number of hydrogen-bond donors (Lipinski definition) is 9. The maximum atomic E-state index is 12.0. The van der Waals surface area contributed by atoms with Gasteiger partial charge in [-0.3, -0.25) is 0 Å². The Morgan fingerprint density at radius 3 is 1.83 bits per heavy atom. The molecule has 0 unspecified atom stereocenters. The van der Waals surface area contributed by atoms with Gasteiger partial charge in [0.25, 0.3) is 0 Å². The lowest BCUT2D eigenvalue weighted by Gasteiger charge is -2.62. The lowest BCUT2D eigenvalue weighted by molar-refractivity contribution is -0.370. The maximum absolute atomic E-state index is 12.0. The number of ether oxygens (including phenoxy) is 6. The molecule has 0 radical (unpaired) electrons. The molecule has 2 saturated carbocycles. The summed E-state index contributed by atoms with van der Waals surface area (Å²) in [7, 11) is 0. The normalized spacial score (nSPS) is 53.4. The predicted molar refractivity (Wildman–Crippen MR) is 188 cm³/mol. The first-order valence-corrected chi connectivity index (χ1v) is 19.3. The van der Waals surface area contributed by atoms with Crippen molar-refractivity contribution in [2.24, 2.45) is 22.7 Å². The van der Waals surface area contributed by atoms with Gasteiger partial charge >= 0.3 is 0 Å². The molecule has 3 saturated heterocycles. The molecule has 21 atom stereocenters. The van der Waals surface area contributed by atoms with Crippen molar-refractivity contribution < 1.29 is 74.4 Å². The van der Waals surface area contributed by atoms with Crippen molar-refractivity contribution in [1.29, 1.82) is 0 Å². The Hall–Kier alpha value is -0.860. The Kier molecular flexibility index (Phi) is 13.2. The smallest absolute Gasteiger partial charge is 0.187 e. The number of aliphatic hydroxyl groups excluding tert-OH is 8. The van der Waals surface area contributed by atoms with Crippen LogP contribution in [0.2, 0.25) is 0 Å². The summed E-state index contributed by atoms with van der Waals surface area (Å²) in [5.41, 5.74) is -2.76. The molecule has 3 heterocycles. The molecule has 3 aliphatic heterocycles. The van der Waals surface area contributed by atoms with Gasteiger partial charge in [0.2, 0.25) is 0 Å². The van der Waals surface area contributed by atoms with Crippen LogP contribution < -0.4 is 0 Å². The van der Waals surface area contributed by atoms with Crippen LogP contribution in [0.1, 0.15) is 93.4 Å². The van der Waals surface area contributed by atoms with Crippen molar-refractivity contribution >= 4 is 0 Å². The number of fused-ring (bicyclic) bond motifs is 1. The van der Waals surface area contributed by atoms with E-state index in [1.165, 1.54) is 6.92 Å². The van der Waals surface area contributed by atoms with Crippen LogP contribution in [0, 0.1) is 22.7 Å². The zero-order valence-corrected chi connectivity index (χ0v) is 32.2. The van der Waals surface area contributed by atoms with Crippen molar-refractivity contribution in [3.05, 3.63) is 12.7 Å². The van der Waals surface area contributed by atoms with E-state index in [2.05, 4.69) is 20.4 Å². The monoisotopic (exact) mass is 762 g/mol. The van der Waals surface area contributed by atoms with E-state index in [1.807, 2.05) is 13.8 Å². The molecule has 15 nitrogen and oxygen atoms in total. The third kappa shape index (κ3) is 8.42. The van der Waals surface area contributed by atoms with Crippen molar-refractivity contribution in [3.63, 3.8) is 0 Å². The molecule has 53 heavy (non-hydrogen) atoms. The second-order valence-corrected chi connectivity index (χ2v) is 17.7. The van der Waals surface area contributed by atoms with Crippen LogP contribution in [0.15, 0.2) is 12.7 Å². The lowest BCUT2D eigenvalue weighted by Crippen LogP contribution is -2.64. The standard InChI is InChI=1S/C38H66O15/c1-9-36(6,53-34-31(28(44)25(41)20(4)51-34)52-33-30(46)27(43)24(40)19(3)50-33)15-11-22-37(7)14-10-13-35(5,21(37)12-16-38(22,8)47)17-48-32-29(45)26(42)23(39)18(2)49-32/h9,18-34,39-47H,1,10-17H2,2-8H3/t18-,19+,20-,21+,22-,23-,24+,25-,26+,27-,28+,29+,30+,31+,32+,33-,34-,35-,36-,37+,38+/m0/s1. The number of hydrogen-bond acceptors (Lipinski definition) is 15. The van der Waals surface area contributed by atoms with Crippen LogP contribution in [-0.4, -0.2) is 156 Å². The highest BCUT2D eigenvalue weighted by Crippen LogP contribution is 2.63. The summed E-state index contributed by atoms with van der Waals surface area (Å²) in [6.07, 6.45) is -12.7. The SMILES string of the molecule is C=C[C@@](C)(CC[C@H]1[C@]2(C)CCC[C@@](C)(CO[C@@H]3O[C@@H](C)[C@H](O)[C@@H](O)[C@H]3O)[C@H]2CC[C@@]1(C)O)O[C@@H]1O[C@@H](C)[C@H](O)[C@@H](O)[C@H]1O[C@@H]1O[C@H](C)[C@@H](O)[C@H](O)[C@H]1O. The topological polar surface area (TPSA) is 237 Å². The molecule has 0 aromatic carbocycles. The predicted octanol–water partition coefficient (Wildman–Crippen LogP) is 0.225. The fourth-order valence-electron chi connectivity index (χ4n) is 10.1. The minimum atomic E-state index is -1.66. The largest absolute Gasteiger partial charge is 0.390 e. The van der Waals surface area contributed by atoms with Gasteiger partial charge in [0.05, 0.1) is 36.1 Å². The molecule has 0 bridgehead atoms. The lowest BCUT2D eigenvalue weighted by atomic mass is 9.44. The van der Waals surface area contributed by atoms with E-state index in [1.54, 1.807) is 19.9 Å². The van der Waals surface area contributed by atoms with Crippen LogP contribution in [0.3, 0.4) is 0 Å². The van der Waals surface area contributed by atoms with Crippen LogP contribution in [-0.2, 0) is 28.4 Å². The molecular weight excluding hydrogens is 696 g/mol. The van der Waals surface area contributed by atoms with Crippen LogP contribution in [0.5, 0.6) is 0 Å². The molecule has 0 aromatic rings. The Morgan fingerprint density at radius 2 is 1.25 bits per heavy atom. The second-order valence-electron chi connectivity index (χ2n) is 17.7.